The van der Waals surface area contributed by atoms with E-state index in [9.17, 15) is 14.4 Å². The molecule has 2 aromatic rings. The van der Waals surface area contributed by atoms with Gasteiger partial charge >= 0.3 is 0 Å². The van der Waals surface area contributed by atoms with Gasteiger partial charge in [0.15, 0.2) is 0 Å². The number of likely N-dealkylation sites (tertiary alicyclic amines) is 1. The first kappa shape index (κ1) is 35.1. The molecule has 1 saturated heterocycles. The van der Waals surface area contributed by atoms with Crippen LogP contribution in [-0.2, 0) is 27.2 Å². The summed E-state index contributed by atoms with van der Waals surface area (Å²) in [7, 11) is 7.16. The molecule has 9 heteroatoms. The third-order valence-corrected chi connectivity index (χ3v) is 8.72. The SMILES string of the molecule is CN[C@H](Cc1ccc(OC)cc1)C(=O)N(CCc1ccccc1)C[C@@H]1CCCN1C(=O)[C@@H](NC(=O)[C@H](C)N(C)C)C(C)(C)C. The van der Waals surface area contributed by atoms with Gasteiger partial charge in [-0.15, -0.1) is 0 Å². The molecule has 0 aliphatic carbocycles. The van der Waals surface area contributed by atoms with Crippen molar-refractivity contribution in [3.8, 4) is 5.75 Å². The van der Waals surface area contributed by atoms with Gasteiger partial charge in [0, 0.05) is 25.7 Å². The van der Waals surface area contributed by atoms with Crippen molar-refractivity contribution >= 4 is 17.7 Å². The molecule has 1 heterocycles. The summed E-state index contributed by atoms with van der Waals surface area (Å²) >= 11 is 0. The average Bonchev–Trinajstić information content (AvgIpc) is 3.47. The number of nitrogens with zero attached hydrogens (tertiary/aromatic N) is 3. The van der Waals surface area contributed by atoms with Crippen LogP contribution in [0.15, 0.2) is 54.6 Å². The molecule has 1 aliphatic heterocycles. The van der Waals surface area contributed by atoms with E-state index in [1.807, 2.05) is 106 Å². The lowest BCUT2D eigenvalue weighted by molar-refractivity contribution is -0.142. The van der Waals surface area contributed by atoms with Crippen LogP contribution >= 0.6 is 0 Å². The zero-order valence-electron chi connectivity index (χ0n) is 27.9. The van der Waals surface area contributed by atoms with Gasteiger partial charge in [-0.25, -0.2) is 0 Å². The van der Waals surface area contributed by atoms with E-state index in [0.29, 0.717) is 26.1 Å². The highest BCUT2D eigenvalue weighted by Crippen LogP contribution is 2.27. The van der Waals surface area contributed by atoms with Gasteiger partial charge in [-0.3, -0.25) is 19.3 Å². The molecule has 3 amide bonds. The molecule has 44 heavy (non-hydrogen) atoms. The first-order valence-corrected chi connectivity index (χ1v) is 15.8. The zero-order valence-corrected chi connectivity index (χ0v) is 27.9. The van der Waals surface area contributed by atoms with Crippen molar-refractivity contribution < 1.29 is 19.1 Å². The van der Waals surface area contributed by atoms with E-state index in [-0.39, 0.29) is 29.8 Å². The molecule has 0 bridgehead atoms. The molecular formula is C35H53N5O4. The Morgan fingerprint density at radius 3 is 2.25 bits per heavy atom. The third kappa shape index (κ3) is 9.53. The Labute approximate surface area is 264 Å². The number of ether oxygens (including phenoxy) is 1. The van der Waals surface area contributed by atoms with Gasteiger partial charge < -0.3 is 25.2 Å². The van der Waals surface area contributed by atoms with E-state index in [1.165, 1.54) is 0 Å². The Kier molecular flexibility index (Phi) is 12.8. The maximum Gasteiger partial charge on any atom is 0.246 e. The van der Waals surface area contributed by atoms with Gasteiger partial charge in [0.25, 0.3) is 0 Å². The lowest BCUT2D eigenvalue weighted by atomic mass is 9.85. The quantitative estimate of drug-likeness (QED) is 0.342. The number of carbonyl (C=O) groups is 3. The minimum absolute atomic E-state index is 0.0130. The molecular weight excluding hydrogens is 554 g/mol. The highest BCUT2D eigenvalue weighted by molar-refractivity contribution is 5.90. The fourth-order valence-electron chi connectivity index (χ4n) is 5.61. The Bertz CT molecular complexity index is 1210. The summed E-state index contributed by atoms with van der Waals surface area (Å²) in [6, 6.07) is 16.4. The van der Waals surface area contributed by atoms with Crippen LogP contribution in [-0.4, -0.2) is 104 Å². The second kappa shape index (κ2) is 16.0. The first-order valence-electron chi connectivity index (χ1n) is 15.8. The summed E-state index contributed by atoms with van der Waals surface area (Å²) in [6.45, 7) is 9.36. The summed E-state index contributed by atoms with van der Waals surface area (Å²) in [5.74, 6) is 0.531. The van der Waals surface area contributed by atoms with Crippen LogP contribution in [0, 0.1) is 5.41 Å². The predicted molar refractivity (Wildman–Crippen MR) is 176 cm³/mol. The Morgan fingerprint density at radius 2 is 1.68 bits per heavy atom. The summed E-state index contributed by atoms with van der Waals surface area (Å²) in [4.78, 5) is 46.9. The molecule has 0 radical (unpaired) electrons. The summed E-state index contributed by atoms with van der Waals surface area (Å²) in [5.41, 5.74) is 1.71. The molecule has 242 valence electrons. The fraction of sp³-hybridized carbons (Fsp3) is 0.571. The molecule has 4 atom stereocenters. The second-order valence-electron chi connectivity index (χ2n) is 13.2. The van der Waals surface area contributed by atoms with Gasteiger partial charge in [0.1, 0.15) is 11.8 Å². The number of rotatable bonds is 14. The Morgan fingerprint density at radius 1 is 1.02 bits per heavy atom. The number of likely N-dealkylation sites (N-methyl/N-ethyl adjacent to an activating group) is 2. The molecule has 0 unspecified atom stereocenters. The van der Waals surface area contributed by atoms with E-state index in [2.05, 4.69) is 22.8 Å². The summed E-state index contributed by atoms with van der Waals surface area (Å²) in [5, 5.41) is 6.29. The molecule has 2 N–H and O–H groups in total. The normalized spacial score (nSPS) is 17.2. The fourth-order valence-corrected chi connectivity index (χ4v) is 5.61. The summed E-state index contributed by atoms with van der Waals surface area (Å²) < 4.78 is 5.30. The van der Waals surface area contributed by atoms with Crippen molar-refractivity contribution in [2.24, 2.45) is 5.41 Å². The van der Waals surface area contributed by atoms with Gasteiger partial charge in [-0.05, 0) is 82.4 Å². The van der Waals surface area contributed by atoms with Crippen LogP contribution in [0.2, 0.25) is 0 Å². The highest BCUT2D eigenvalue weighted by atomic mass is 16.5. The minimum atomic E-state index is -0.674. The molecule has 0 aromatic heterocycles. The zero-order chi connectivity index (χ0) is 32.4. The molecule has 9 nitrogen and oxygen atoms in total. The predicted octanol–water partition coefficient (Wildman–Crippen LogP) is 3.37. The molecule has 1 aliphatic rings. The number of methoxy groups -OCH3 is 1. The number of hydrogen-bond donors (Lipinski definition) is 2. The number of amides is 3. The smallest absolute Gasteiger partial charge is 0.246 e. The van der Waals surface area contributed by atoms with Crippen molar-refractivity contribution in [3.05, 3.63) is 65.7 Å². The van der Waals surface area contributed by atoms with Crippen LogP contribution < -0.4 is 15.4 Å². The molecule has 0 spiro atoms. The third-order valence-electron chi connectivity index (χ3n) is 8.72. The topological polar surface area (TPSA) is 94.2 Å². The van der Waals surface area contributed by atoms with Gasteiger partial charge in [-0.2, -0.15) is 0 Å². The number of benzene rings is 2. The number of carbonyl (C=O) groups excluding carboxylic acids is 3. The van der Waals surface area contributed by atoms with Crippen LogP contribution in [0.1, 0.15) is 51.7 Å². The van der Waals surface area contributed by atoms with E-state index < -0.39 is 17.5 Å². The van der Waals surface area contributed by atoms with Crippen LogP contribution in [0.5, 0.6) is 5.75 Å². The van der Waals surface area contributed by atoms with Crippen molar-refractivity contribution in [2.45, 2.75) is 77.5 Å². The van der Waals surface area contributed by atoms with Crippen LogP contribution in [0.3, 0.4) is 0 Å². The van der Waals surface area contributed by atoms with Crippen molar-refractivity contribution in [1.82, 2.24) is 25.3 Å². The number of nitrogens with one attached hydrogen (secondary N) is 2. The van der Waals surface area contributed by atoms with Crippen LogP contribution in [0.4, 0.5) is 0 Å². The van der Waals surface area contributed by atoms with Crippen molar-refractivity contribution in [1.29, 1.82) is 0 Å². The Balaban J connectivity index is 1.83. The van der Waals surface area contributed by atoms with E-state index in [4.69, 9.17) is 4.74 Å². The molecule has 1 fully saturated rings. The van der Waals surface area contributed by atoms with Gasteiger partial charge in [0.05, 0.1) is 19.2 Å². The van der Waals surface area contributed by atoms with Crippen LogP contribution in [0.25, 0.3) is 0 Å². The largest absolute Gasteiger partial charge is 0.497 e. The number of hydrogen-bond acceptors (Lipinski definition) is 6. The minimum Gasteiger partial charge on any atom is -0.497 e. The highest BCUT2D eigenvalue weighted by Gasteiger charge is 2.41. The maximum atomic E-state index is 14.1. The molecule has 2 aromatic carbocycles. The second-order valence-corrected chi connectivity index (χ2v) is 13.2. The maximum absolute atomic E-state index is 14.1. The van der Waals surface area contributed by atoms with E-state index >= 15 is 0 Å². The summed E-state index contributed by atoms with van der Waals surface area (Å²) in [6.07, 6.45) is 2.92. The standard InChI is InChI=1S/C35H53N5O4/c1-25(38(6)7)32(41)37-31(35(2,3)4)34(43)40-21-12-15-28(40)24-39(22-20-26-13-10-9-11-14-26)33(42)30(36-5)23-27-16-18-29(44-8)19-17-27/h9-11,13-14,16-19,25,28,30-31,36H,12,15,20-24H2,1-8H3,(H,37,41)/t25-,28-,30+,31+/m0/s1. The molecule has 3 rings (SSSR count). The van der Waals surface area contributed by atoms with E-state index in [0.717, 1.165) is 36.1 Å². The monoisotopic (exact) mass is 607 g/mol. The Hall–Kier alpha value is -3.43. The van der Waals surface area contributed by atoms with Crippen molar-refractivity contribution in [2.75, 3.05) is 47.9 Å². The van der Waals surface area contributed by atoms with Gasteiger partial charge in [0.2, 0.25) is 17.7 Å². The lowest BCUT2D eigenvalue weighted by Crippen LogP contribution is -2.59. The lowest BCUT2D eigenvalue weighted by Gasteiger charge is -2.38. The van der Waals surface area contributed by atoms with E-state index in [1.54, 1.807) is 7.11 Å². The molecule has 0 saturated carbocycles. The first-order chi connectivity index (χ1) is 20.8. The van der Waals surface area contributed by atoms with Crippen molar-refractivity contribution in [3.63, 3.8) is 0 Å². The average molecular weight is 608 g/mol. The van der Waals surface area contributed by atoms with Gasteiger partial charge in [-0.1, -0.05) is 63.2 Å².